The fourth-order valence-corrected chi connectivity index (χ4v) is 7.63. The number of ketones is 2. The SMILES string of the molecule is C=C1C(=O)[C@]23[C@H](O)[C@H]1CC[C@H]2[C@@]12CO[C@@]3(O)[C@@H](O)[C@@H]1C(C)(C)CCC2=O. The Bertz CT molecular complexity index is 757. The van der Waals surface area contributed by atoms with Crippen molar-refractivity contribution in [2.75, 3.05) is 6.61 Å². The summed E-state index contributed by atoms with van der Waals surface area (Å²) in [7, 11) is 0. The first-order valence-electron chi connectivity index (χ1n) is 9.56. The van der Waals surface area contributed by atoms with Crippen molar-refractivity contribution in [2.45, 2.75) is 57.5 Å². The van der Waals surface area contributed by atoms with Gasteiger partial charge in [-0.1, -0.05) is 20.4 Å². The van der Waals surface area contributed by atoms with Gasteiger partial charge < -0.3 is 20.1 Å². The molecule has 0 aromatic rings. The summed E-state index contributed by atoms with van der Waals surface area (Å²) < 4.78 is 5.74. The molecule has 2 aliphatic heterocycles. The first-order chi connectivity index (χ1) is 12.1. The Morgan fingerprint density at radius 3 is 2.54 bits per heavy atom. The molecule has 6 heteroatoms. The first kappa shape index (κ1) is 17.0. The van der Waals surface area contributed by atoms with Crippen molar-refractivity contribution in [3.05, 3.63) is 12.2 Å². The van der Waals surface area contributed by atoms with Crippen molar-refractivity contribution < 1.29 is 29.6 Å². The lowest BCUT2D eigenvalue weighted by Crippen LogP contribution is -2.85. The summed E-state index contributed by atoms with van der Waals surface area (Å²) in [5.74, 6) is -4.12. The predicted octanol–water partition coefficient (Wildman–Crippen LogP) is 0.584. The molecule has 0 radical (unpaired) electrons. The molecular weight excluding hydrogens is 336 g/mol. The van der Waals surface area contributed by atoms with Crippen LogP contribution in [0.4, 0.5) is 0 Å². The molecule has 6 aliphatic rings. The zero-order chi connectivity index (χ0) is 18.9. The Morgan fingerprint density at radius 1 is 1.15 bits per heavy atom. The molecule has 2 spiro atoms. The second-order valence-electron chi connectivity index (χ2n) is 9.76. The average molecular weight is 362 g/mol. The number of aliphatic hydroxyl groups is 3. The smallest absolute Gasteiger partial charge is 0.208 e. The summed E-state index contributed by atoms with van der Waals surface area (Å²) in [5, 5.41) is 33.9. The molecular formula is C20H26O6. The quantitative estimate of drug-likeness (QED) is 0.545. The van der Waals surface area contributed by atoms with Gasteiger partial charge in [-0.3, -0.25) is 9.59 Å². The topological polar surface area (TPSA) is 104 Å². The Kier molecular flexibility index (Phi) is 2.94. The zero-order valence-electron chi connectivity index (χ0n) is 15.2. The maximum Gasteiger partial charge on any atom is 0.208 e. The fourth-order valence-electron chi connectivity index (χ4n) is 7.63. The van der Waals surface area contributed by atoms with Gasteiger partial charge >= 0.3 is 0 Å². The molecule has 6 nitrogen and oxygen atoms in total. The van der Waals surface area contributed by atoms with Gasteiger partial charge in [-0.05, 0) is 36.2 Å². The highest BCUT2D eigenvalue weighted by atomic mass is 16.6. The summed E-state index contributed by atoms with van der Waals surface area (Å²) in [6.45, 7) is 7.86. The molecule has 2 saturated heterocycles. The highest BCUT2D eigenvalue weighted by Crippen LogP contribution is 2.75. The van der Waals surface area contributed by atoms with Crippen LogP contribution >= 0.6 is 0 Å². The van der Waals surface area contributed by atoms with E-state index in [2.05, 4.69) is 6.58 Å². The van der Waals surface area contributed by atoms with Gasteiger partial charge in [-0.25, -0.2) is 0 Å². The minimum absolute atomic E-state index is 0.00293. The number of aliphatic hydroxyl groups excluding tert-OH is 2. The predicted molar refractivity (Wildman–Crippen MR) is 89.7 cm³/mol. The Labute approximate surface area is 152 Å². The van der Waals surface area contributed by atoms with E-state index >= 15 is 0 Å². The van der Waals surface area contributed by atoms with Crippen molar-refractivity contribution in [1.82, 2.24) is 0 Å². The molecule has 142 valence electrons. The lowest BCUT2D eigenvalue weighted by atomic mass is 9.36. The summed E-state index contributed by atoms with van der Waals surface area (Å²) in [5.41, 5.74) is -2.83. The van der Waals surface area contributed by atoms with Crippen LogP contribution in [0.3, 0.4) is 0 Å². The Balaban J connectivity index is 1.83. The van der Waals surface area contributed by atoms with Gasteiger partial charge in [0.25, 0.3) is 0 Å². The van der Waals surface area contributed by atoms with Gasteiger partial charge in [-0.2, -0.15) is 0 Å². The third kappa shape index (κ3) is 1.36. The van der Waals surface area contributed by atoms with Crippen molar-refractivity contribution in [3.63, 3.8) is 0 Å². The number of carbonyl (C=O) groups excluding carboxylic acids is 2. The second kappa shape index (κ2) is 4.49. The Morgan fingerprint density at radius 2 is 1.85 bits per heavy atom. The van der Waals surface area contributed by atoms with Crippen molar-refractivity contribution >= 4 is 11.6 Å². The van der Waals surface area contributed by atoms with E-state index in [9.17, 15) is 24.9 Å². The van der Waals surface area contributed by atoms with E-state index in [0.29, 0.717) is 25.7 Å². The van der Waals surface area contributed by atoms with Gasteiger partial charge in [0.1, 0.15) is 17.3 Å². The van der Waals surface area contributed by atoms with Gasteiger partial charge in [0.2, 0.25) is 5.79 Å². The highest BCUT2D eigenvalue weighted by molar-refractivity contribution is 6.06. The first-order valence-corrected chi connectivity index (χ1v) is 9.56. The van der Waals surface area contributed by atoms with Crippen LogP contribution in [-0.2, 0) is 14.3 Å². The molecule has 4 bridgehead atoms. The van der Waals surface area contributed by atoms with Crippen molar-refractivity contribution in [1.29, 1.82) is 0 Å². The number of hydrogen-bond donors (Lipinski definition) is 3. The lowest BCUT2D eigenvalue weighted by molar-refractivity contribution is -0.437. The molecule has 6 fully saturated rings. The highest BCUT2D eigenvalue weighted by Gasteiger charge is 2.87. The van der Waals surface area contributed by atoms with Crippen LogP contribution in [-0.4, -0.2) is 51.5 Å². The van der Waals surface area contributed by atoms with Crippen LogP contribution in [0, 0.1) is 34.0 Å². The third-order valence-corrected chi connectivity index (χ3v) is 8.65. The normalized spacial score (nSPS) is 57.1. The molecule has 2 heterocycles. The standard InChI is InChI=1S/C20H26O6/c1-9-10-4-5-11-18-8-26-20(25,19(11,14(9)22)15(10)23)16(24)13(18)17(2,3)7-6-12(18)21/h10-11,13,15-16,23-25H,1,4-8H2,2-3H3/t10-,11-,13+,15+,16-,18+,19-,20-/m0/s1. The number of ether oxygens (including phenoxy) is 1. The van der Waals surface area contributed by atoms with Gasteiger partial charge in [0, 0.05) is 18.3 Å². The van der Waals surface area contributed by atoms with E-state index in [1.54, 1.807) is 0 Å². The average Bonchev–Trinajstić information content (AvgIpc) is 2.69. The van der Waals surface area contributed by atoms with Crippen LogP contribution in [0.1, 0.15) is 39.5 Å². The molecule has 4 aliphatic carbocycles. The molecule has 0 amide bonds. The molecule has 0 unspecified atom stereocenters. The van der Waals surface area contributed by atoms with Crippen molar-refractivity contribution in [3.8, 4) is 0 Å². The third-order valence-electron chi connectivity index (χ3n) is 8.65. The summed E-state index contributed by atoms with van der Waals surface area (Å²) in [4.78, 5) is 26.6. The summed E-state index contributed by atoms with van der Waals surface area (Å²) >= 11 is 0. The van der Waals surface area contributed by atoms with E-state index < -0.39 is 52.4 Å². The maximum absolute atomic E-state index is 13.3. The van der Waals surface area contributed by atoms with Crippen LogP contribution in [0.5, 0.6) is 0 Å². The molecule has 0 aromatic heterocycles. The zero-order valence-corrected chi connectivity index (χ0v) is 15.2. The fraction of sp³-hybridized carbons (Fsp3) is 0.800. The minimum atomic E-state index is -2.19. The maximum atomic E-state index is 13.3. The van der Waals surface area contributed by atoms with Gasteiger partial charge in [0.15, 0.2) is 5.78 Å². The van der Waals surface area contributed by atoms with Crippen LogP contribution in [0.2, 0.25) is 0 Å². The van der Waals surface area contributed by atoms with E-state index in [-0.39, 0.29) is 23.4 Å². The molecule has 3 N–H and O–H groups in total. The second-order valence-corrected chi connectivity index (χ2v) is 9.76. The molecule has 8 atom stereocenters. The van der Waals surface area contributed by atoms with Gasteiger partial charge in [-0.15, -0.1) is 0 Å². The number of carbonyl (C=O) groups is 2. The molecule has 6 rings (SSSR count). The van der Waals surface area contributed by atoms with Crippen molar-refractivity contribution in [2.24, 2.45) is 34.0 Å². The van der Waals surface area contributed by atoms with E-state index in [0.717, 1.165) is 0 Å². The summed E-state index contributed by atoms with van der Waals surface area (Å²) in [6.07, 6.45) is -0.502. The van der Waals surface area contributed by atoms with Crippen LogP contribution < -0.4 is 0 Å². The van der Waals surface area contributed by atoms with Crippen LogP contribution in [0.25, 0.3) is 0 Å². The largest absolute Gasteiger partial charge is 0.391 e. The van der Waals surface area contributed by atoms with Crippen LogP contribution in [0.15, 0.2) is 12.2 Å². The van der Waals surface area contributed by atoms with E-state index in [4.69, 9.17) is 4.74 Å². The van der Waals surface area contributed by atoms with E-state index in [1.165, 1.54) is 0 Å². The monoisotopic (exact) mass is 362 g/mol. The summed E-state index contributed by atoms with van der Waals surface area (Å²) in [6, 6.07) is 0. The minimum Gasteiger partial charge on any atom is -0.391 e. The molecule has 4 saturated carbocycles. The van der Waals surface area contributed by atoms with E-state index in [1.807, 2.05) is 13.8 Å². The number of hydrogen-bond acceptors (Lipinski definition) is 6. The lowest BCUT2D eigenvalue weighted by Gasteiger charge is -2.72. The number of rotatable bonds is 0. The molecule has 0 aromatic carbocycles. The number of fused-ring (bicyclic) bond motifs is 2. The Hall–Kier alpha value is -1.08. The number of Topliss-reactive ketones (excluding diaryl/α,β-unsaturated/α-hetero) is 2. The van der Waals surface area contributed by atoms with Gasteiger partial charge in [0.05, 0.1) is 18.1 Å². The molecule has 26 heavy (non-hydrogen) atoms.